The lowest BCUT2D eigenvalue weighted by atomic mass is 10.1. The van der Waals surface area contributed by atoms with E-state index in [4.69, 9.17) is 9.79 Å². The molecule has 0 heterocycles. The van der Waals surface area contributed by atoms with E-state index < -0.39 is 7.82 Å². The molecule has 5 heteroatoms. The summed E-state index contributed by atoms with van der Waals surface area (Å²) in [5.41, 5.74) is 0. The van der Waals surface area contributed by atoms with Crippen molar-refractivity contribution in [1.82, 2.24) is 0 Å². The van der Waals surface area contributed by atoms with Gasteiger partial charge >= 0.3 is 7.82 Å². The Balaban J connectivity index is 3.41. The zero-order valence-electron chi connectivity index (χ0n) is 8.27. The van der Waals surface area contributed by atoms with Gasteiger partial charge in [0.1, 0.15) is 0 Å². The van der Waals surface area contributed by atoms with Crippen molar-refractivity contribution in [3.63, 3.8) is 0 Å². The van der Waals surface area contributed by atoms with Crippen molar-refractivity contribution in [3.8, 4) is 0 Å². The minimum absolute atomic E-state index is 0.349. The van der Waals surface area contributed by atoms with E-state index in [2.05, 4.69) is 11.4 Å². The Hall–Kier alpha value is 0.110. The first-order chi connectivity index (χ1) is 5.95. The fraction of sp³-hybridized carbons (Fsp3) is 1.00. The molecule has 0 saturated carbocycles. The zero-order valence-corrected chi connectivity index (χ0v) is 9.17. The molecule has 0 aromatic carbocycles. The largest absolute Gasteiger partial charge is 0.469 e. The summed E-state index contributed by atoms with van der Waals surface area (Å²) in [5, 5.41) is 0. The Bertz CT molecular complexity index is 166. The van der Waals surface area contributed by atoms with Crippen molar-refractivity contribution < 1.29 is 18.9 Å². The highest BCUT2D eigenvalue weighted by Gasteiger charge is 2.17. The fourth-order valence-electron chi connectivity index (χ4n) is 1.15. The number of hydrogen-bond donors (Lipinski definition) is 2. The lowest BCUT2D eigenvalue weighted by Crippen LogP contribution is -2.05. The van der Waals surface area contributed by atoms with E-state index >= 15 is 0 Å². The van der Waals surface area contributed by atoms with Crippen molar-refractivity contribution in [2.75, 3.05) is 0 Å². The van der Waals surface area contributed by atoms with Crippen LogP contribution in [0.15, 0.2) is 0 Å². The third kappa shape index (κ3) is 10.0. The van der Waals surface area contributed by atoms with Crippen molar-refractivity contribution in [3.05, 3.63) is 0 Å². The Morgan fingerprint density at radius 3 is 2.38 bits per heavy atom. The third-order valence-electron chi connectivity index (χ3n) is 1.78. The van der Waals surface area contributed by atoms with Gasteiger partial charge in [-0.15, -0.1) is 0 Å². The van der Waals surface area contributed by atoms with Crippen LogP contribution in [0.1, 0.15) is 46.0 Å². The van der Waals surface area contributed by atoms with Gasteiger partial charge in [-0.05, 0) is 13.3 Å². The highest BCUT2D eigenvalue weighted by atomic mass is 31.2. The number of phosphoric acid groups is 1. The molecule has 1 unspecified atom stereocenters. The molecule has 0 radical (unpaired) electrons. The van der Waals surface area contributed by atoms with Crippen LogP contribution in [0.5, 0.6) is 0 Å². The predicted octanol–water partition coefficient (Wildman–Crippen LogP) is 2.45. The molecular formula is C8H19O4P. The number of unbranched alkanes of at least 4 members (excludes halogenated alkanes) is 3. The Morgan fingerprint density at radius 1 is 1.31 bits per heavy atom. The summed E-state index contributed by atoms with van der Waals surface area (Å²) in [6, 6.07) is 0. The van der Waals surface area contributed by atoms with E-state index in [-0.39, 0.29) is 6.10 Å². The van der Waals surface area contributed by atoms with Gasteiger partial charge in [-0.2, -0.15) is 0 Å². The molecule has 0 aliphatic carbocycles. The third-order valence-corrected chi connectivity index (χ3v) is 2.42. The zero-order chi connectivity index (χ0) is 10.3. The van der Waals surface area contributed by atoms with Crippen molar-refractivity contribution in [2.24, 2.45) is 0 Å². The smallest absolute Gasteiger partial charge is 0.303 e. The molecule has 0 rings (SSSR count). The SMILES string of the molecule is CCCCCCC(C)OP(=O)(O)O. The van der Waals surface area contributed by atoms with Gasteiger partial charge in [0.2, 0.25) is 0 Å². The molecule has 0 bridgehead atoms. The molecule has 0 spiro atoms. The van der Waals surface area contributed by atoms with Crippen molar-refractivity contribution >= 4 is 7.82 Å². The standard InChI is InChI=1S/C8H19O4P/c1-3-4-5-6-7-8(2)12-13(9,10)11/h8H,3-7H2,1-2H3,(H2,9,10,11). The summed E-state index contributed by atoms with van der Waals surface area (Å²) in [5.74, 6) is 0. The van der Waals surface area contributed by atoms with Gasteiger partial charge in [0, 0.05) is 0 Å². The quantitative estimate of drug-likeness (QED) is 0.500. The molecule has 0 aromatic heterocycles. The topological polar surface area (TPSA) is 66.8 Å². The molecule has 1 atom stereocenters. The maximum absolute atomic E-state index is 10.4. The fourth-order valence-corrected chi connectivity index (χ4v) is 1.72. The summed E-state index contributed by atoms with van der Waals surface area (Å²) in [6.07, 6.45) is 4.76. The Kier molecular flexibility index (Phi) is 6.60. The van der Waals surface area contributed by atoms with E-state index in [0.29, 0.717) is 6.42 Å². The second-order valence-electron chi connectivity index (χ2n) is 3.26. The summed E-state index contributed by atoms with van der Waals surface area (Å²) in [6.45, 7) is 3.81. The first-order valence-corrected chi connectivity index (χ1v) is 6.22. The molecule has 0 fully saturated rings. The lowest BCUT2D eigenvalue weighted by Gasteiger charge is -2.12. The number of rotatable bonds is 7. The van der Waals surface area contributed by atoms with E-state index in [1.54, 1.807) is 6.92 Å². The second kappa shape index (κ2) is 6.55. The van der Waals surface area contributed by atoms with Crippen LogP contribution in [0.4, 0.5) is 0 Å². The van der Waals surface area contributed by atoms with Crippen LogP contribution in [-0.4, -0.2) is 15.9 Å². The van der Waals surface area contributed by atoms with Crippen LogP contribution in [0, 0.1) is 0 Å². The predicted molar refractivity (Wildman–Crippen MR) is 51.4 cm³/mol. The minimum atomic E-state index is -4.28. The van der Waals surface area contributed by atoms with E-state index in [1.807, 2.05) is 0 Å². The van der Waals surface area contributed by atoms with Gasteiger partial charge in [-0.1, -0.05) is 32.6 Å². The Morgan fingerprint density at radius 2 is 1.92 bits per heavy atom. The molecular weight excluding hydrogens is 191 g/mol. The van der Waals surface area contributed by atoms with Gasteiger partial charge in [-0.25, -0.2) is 4.57 Å². The van der Waals surface area contributed by atoms with Crippen LogP contribution in [0.2, 0.25) is 0 Å². The molecule has 0 saturated heterocycles. The molecule has 80 valence electrons. The summed E-state index contributed by atoms with van der Waals surface area (Å²) < 4.78 is 14.9. The highest BCUT2D eigenvalue weighted by molar-refractivity contribution is 7.46. The van der Waals surface area contributed by atoms with Crippen LogP contribution in [0.3, 0.4) is 0 Å². The van der Waals surface area contributed by atoms with E-state index in [9.17, 15) is 4.57 Å². The van der Waals surface area contributed by atoms with Crippen LogP contribution >= 0.6 is 7.82 Å². The summed E-state index contributed by atoms with van der Waals surface area (Å²) in [7, 11) is -4.28. The first-order valence-electron chi connectivity index (χ1n) is 4.69. The van der Waals surface area contributed by atoms with Gasteiger partial charge in [-0.3, -0.25) is 4.52 Å². The Labute approximate surface area is 79.5 Å². The maximum Gasteiger partial charge on any atom is 0.469 e. The average molecular weight is 210 g/mol. The summed E-state index contributed by atoms with van der Waals surface area (Å²) >= 11 is 0. The number of phosphoric ester groups is 1. The molecule has 0 aromatic rings. The van der Waals surface area contributed by atoms with Gasteiger partial charge in [0.25, 0.3) is 0 Å². The lowest BCUT2D eigenvalue weighted by molar-refractivity contribution is 0.136. The summed E-state index contributed by atoms with van der Waals surface area (Å²) in [4.78, 5) is 17.0. The molecule has 4 nitrogen and oxygen atoms in total. The molecule has 0 aliphatic rings. The van der Waals surface area contributed by atoms with E-state index in [0.717, 1.165) is 19.3 Å². The molecule has 13 heavy (non-hydrogen) atoms. The van der Waals surface area contributed by atoms with Crippen molar-refractivity contribution in [2.45, 2.75) is 52.1 Å². The maximum atomic E-state index is 10.4. The molecule has 0 amide bonds. The minimum Gasteiger partial charge on any atom is -0.303 e. The number of hydrogen-bond acceptors (Lipinski definition) is 2. The molecule has 2 N–H and O–H groups in total. The van der Waals surface area contributed by atoms with Gasteiger partial charge in [0.15, 0.2) is 0 Å². The second-order valence-corrected chi connectivity index (χ2v) is 4.45. The highest BCUT2D eigenvalue weighted by Crippen LogP contribution is 2.38. The van der Waals surface area contributed by atoms with Gasteiger partial charge < -0.3 is 9.79 Å². The van der Waals surface area contributed by atoms with Crippen LogP contribution < -0.4 is 0 Å². The van der Waals surface area contributed by atoms with Crippen LogP contribution in [-0.2, 0) is 9.09 Å². The first kappa shape index (κ1) is 13.1. The van der Waals surface area contributed by atoms with Gasteiger partial charge in [0.05, 0.1) is 6.10 Å². The average Bonchev–Trinajstić information content (AvgIpc) is 1.94. The van der Waals surface area contributed by atoms with E-state index in [1.165, 1.54) is 6.42 Å². The monoisotopic (exact) mass is 210 g/mol. The van der Waals surface area contributed by atoms with Crippen molar-refractivity contribution in [1.29, 1.82) is 0 Å². The molecule has 0 aliphatic heterocycles. The normalized spacial score (nSPS) is 14.5. The van der Waals surface area contributed by atoms with Crippen LogP contribution in [0.25, 0.3) is 0 Å².